The number of ether oxygens (including phenoxy) is 1. The summed E-state index contributed by atoms with van der Waals surface area (Å²) in [7, 11) is 3.29. The summed E-state index contributed by atoms with van der Waals surface area (Å²) in [5.41, 5.74) is 0.836. The number of esters is 1. The average molecular weight is 369 g/mol. The number of urea groups is 1. The van der Waals surface area contributed by atoms with Gasteiger partial charge in [0.2, 0.25) is 0 Å². The summed E-state index contributed by atoms with van der Waals surface area (Å²) in [5.74, 6) is 0.452. The molecule has 5 nitrogen and oxygen atoms in total. The third-order valence-electron chi connectivity index (χ3n) is 3.59. The van der Waals surface area contributed by atoms with Gasteiger partial charge in [0.25, 0.3) is 0 Å². The van der Waals surface area contributed by atoms with Crippen LogP contribution in [0.15, 0.2) is 18.2 Å². The van der Waals surface area contributed by atoms with Crippen LogP contribution >= 0.6 is 11.6 Å². The third-order valence-corrected chi connectivity index (χ3v) is 3.90. The molecule has 1 aromatic carbocycles. The molecule has 2 amide bonds. The van der Waals surface area contributed by atoms with E-state index >= 15 is 0 Å². The summed E-state index contributed by atoms with van der Waals surface area (Å²) in [6.45, 7) is 8.43. The molecular weight excluding hydrogens is 340 g/mol. The van der Waals surface area contributed by atoms with Crippen molar-refractivity contribution in [2.45, 2.75) is 46.6 Å². The quantitative estimate of drug-likeness (QED) is 0.685. The fourth-order valence-electron chi connectivity index (χ4n) is 2.45. The number of amides is 2. The fraction of sp³-hybridized carbons (Fsp3) is 0.579. The number of nitrogens with one attached hydrogen (secondary N) is 1. The van der Waals surface area contributed by atoms with Crippen molar-refractivity contribution in [3.8, 4) is 0 Å². The highest BCUT2D eigenvalue weighted by atomic mass is 35.5. The molecule has 0 unspecified atom stereocenters. The normalized spacial score (nSPS) is 11.1. The Morgan fingerprint density at radius 2 is 1.68 bits per heavy atom. The van der Waals surface area contributed by atoms with E-state index in [1.54, 1.807) is 32.3 Å². The molecule has 0 bridgehead atoms. The van der Waals surface area contributed by atoms with Gasteiger partial charge in [-0.05, 0) is 42.9 Å². The molecule has 0 saturated heterocycles. The molecule has 0 spiro atoms. The van der Waals surface area contributed by atoms with Crippen LogP contribution in [0.4, 0.5) is 10.5 Å². The minimum absolute atomic E-state index is 0.128. The van der Waals surface area contributed by atoms with Crippen LogP contribution in [0.1, 0.15) is 50.9 Å². The maximum Gasteiger partial charge on any atom is 0.339 e. The summed E-state index contributed by atoms with van der Waals surface area (Å²) in [5, 5.41) is 2.95. The molecule has 25 heavy (non-hydrogen) atoms. The van der Waals surface area contributed by atoms with Gasteiger partial charge in [-0.1, -0.05) is 39.3 Å². The third kappa shape index (κ3) is 7.34. The predicted molar refractivity (Wildman–Crippen MR) is 102 cm³/mol. The van der Waals surface area contributed by atoms with E-state index in [2.05, 4.69) is 33.0 Å². The molecule has 0 saturated carbocycles. The largest absolute Gasteiger partial charge is 0.459 e. The van der Waals surface area contributed by atoms with Gasteiger partial charge in [-0.15, -0.1) is 0 Å². The predicted octanol–water partition coefficient (Wildman–Crippen LogP) is 5.05. The first kappa shape index (κ1) is 21.3. The Morgan fingerprint density at radius 1 is 1.12 bits per heavy atom. The van der Waals surface area contributed by atoms with E-state index in [0.717, 1.165) is 12.8 Å². The molecule has 0 heterocycles. The van der Waals surface area contributed by atoms with Crippen molar-refractivity contribution < 1.29 is 14.3 Å². The van der Waals surface area contributed by atoms with Crippen LogP contribution in [-0.2, 0) is 4.74 Å². The number of carbonyl (C=O) groups is 2. The molecule has 0 atom stereocenters. The van der Waals surface area contributed by atoms with Crippen LogP contribution in [0.25, 0.3) is 0 Å². The highest BCUT2D eigenvalue weighted by molar-refractivity contribution is 6.34. The first-order valence-corrected chi connectivity index (χ1v) is 8.96. The number of benzene rings is 1. The zero-order valence-corrected chi connectivity index (χ0v) is 16.7. The molecule has 6 heteroatoms. The van der Waals surface area contributed by atoms with Crippen molar-refractivity contribution in [2.24, 2.45) is 11.8 Å². The minimum Gasteiger partial charge on any atom is -0.459 e. The Morgan fingerprint density at radius 3 is 2.12 bits per heavy atom. The number of rotatable bonds is 7. The van der Waals surface area contributed by atoms with Crippen molar-refractivity contribution >= 4 is 29.3 Å². The SMILES string of the molecule is CC(C)CC(CC(C)C)OC(=O)c1ccc(NC(=O)N(C)C)cc1Cl. The van der Waals surface area contributed by atoms with E-state index in [-0.39, 0.29) is 17.2 Å². The summed E-state index contributed by atoms with van der Waals surface area (Å²) >= 11 is 6.22. The van der Waals surface area contributed by atoms with Crippen molar-refractivity contribution in [3.63, 3.8) is 0 Å². The molecular formula is C19H29ClN2O3. The van der Waals surface area contributed by atoms with Gasteiger partial charge in [0.15, 0.2) is 0 Å². The number of carbonyl (C=O) groups excluding carboxylic acids is 2. The Hall–Kier alpha value is -1.75. The summed E-state index contributed by atoms with van der Waals surface area (Å²) in [6.07, 6.45) is 1.51. The first-order chi connectivity index (χ1) is 11.6. The standard InChI is InChI=1S/C19H29ClN2O3/c1-12(2)9-15(10-13(3)4)25-18(23)16-8-7-14(11-17(16)20)21-19(24)22(5)6/h7-8,11-13,15H,9-10H2,1-6H3,(H,21,24). The van der Waals surface area contributed by atoms with Crippen LogP contribution in [0.3, 0.4) is 0 Å². The minimum atomic E-state index is -0.429. The van der Waals surface area contributed by atoms with E-state index in [1.165, 1.54) is 4.90 Å². The maximum atomic E-state index is 12.5. The van der Waals surface area contributed by atoms with Gasteiger partial charge >= 0.3 is 12.0 Å². The van der Waals surface area contributed by atoms with Crippen molar-refractivity contribution in [1.82, 2.24) is 4.90 Å². The van der Waals surface area contributed by atoms with Crippen LogP contribution < -0.4 is 5.32 Å². The molecule has 140 valence electrons. The smallest absolute Gasteiger partial charge is 0.339 e. The van der Waals surface area contributed by atoms with E-state index in [1.807, 2.05) is 0 Å². The lowest BCUT2D eigenvalue weighted by molar-refractivity contribution is 0.0201. The van der Waals surface area contributed by atoms with Crippen LogP contribution in [0.5, 0.6) is 0 Å². The Kier molecular flexibility index (Phi) is 8.23. The second-order valence-electron chi connectivity index (χ2n) is 7.31. The Labute approximate surface area is 155 Å². The van der Waals surface area contributed by atoms with Crippen LogP contribution in [0.2, 0.25) is 5.02 Å². The highest BCUT2D eigenvalue weighted by Crippen LogP contribution is 2.24. The number of nitrogens with zero attached hydrogens (tertiary/aromatic N) is 1. The van der Waals surface area contributed by atoms with Gasteiger partial charge in [-0.25, -0.2) is 9.59 Å². The highest BCUT2D eigenvalue weighted by Gasteiger charge is 2.20. The monoisotopic (exact) mass is 368 g/mol. The number of hydrogen-bond acceptors (Lipinski definition) is 3. The summed E-state index contributed by atoms with van der Waals surface area (Å²) < 4.78 is 5.68. The van der Waals surface area contributed by atoms with Gasteiger partial charge in [0.1, 0.15) is 6.10 Å². The topological polar surface area (TPSA) is 58.6 Å². The average Bonchev–Trinajstić information content (AvgIpc) is 2.45. The number of halogens is 1. The Balaban J connectivity index is 2.84. The number of anilines is 1. The molecule has 0 aliphatic heterocycles. The first-order valence-electron chi connectivity index (χ1n) is 8.59. The molecule has 0 radical (unpaired) electrons. The van der Waals surface area contributed by atoms with Gasteiger partial charge in [-0.2, -0.15) is 0 Å². The molecule has 1 aromatic rings. The van der Waals surface area contributed by atoms with E-state index in [4.69, 9.17) is 16.3 Å². The maximum absolute atomic E-state index is 12.5. The lowest BCUT2D eigenvalue weighted by Crippen LogP contribution is -2.27. The van der Waals surface area contributed by atoms with Crippen LogP contribution in [-0.4, -0.2) is 37.1 Å². The number of hydrogen-bond donors (Lipinski definition) is 1. The second-order valence-corrected chi connectivity index (χ2v) is 7.71. The summed E-state index contributed by atoms with van der Waals surface area (Å²) in [6, 6.07) is 4.52. The second kappa shape index (κ2) is 9.66. The lowest BCUT2D eigenvalue weighted by Gasteiger charge is -2.22. The zero-order valence-electron chi connectivity index (χ0n) is 15.9. The summed E-state index contributed by atoms with van der Waals surface area (Å²) in [4.78, 5) is 25.6. The zero-order chi connectivity index (χ0) is 19.1. The van der Waals surface area contributed by atoms with Gasteiger partial charge in [0.05, 0.1) is 10.6 Å². The fourth-order valence-corrected chi connectivity index (χ4v) is 2.71. The Bertz CT molecular complexity index is 590. The molecule has 0 aliphatic carbocycles. The van der Waals surface area contributed by atoms with Gasteiger partial charge < -0.3 is 15.0 Å². The molecule has 1 rings (SSSR count). The van der Waals surface area contributed by atoms with Gasteiger partial charge in [-0.3, -0.25) is 0 Å². The molecule has 1 N–H and O–H groups in total. The van der Waals surface area contributed by atoms with Crippen molar-refractivity contribution in [2.75, 3.05) is 19.4 Å². The van der Waals surface area contributed by atoms with Crippen molar-refractivity contribution in [1.29, 1.82) is 0 Å². The van der Waals surface area contributed by atoms with Crippen molar-refractivity contribution in [3.05, 3.63) is 28.8 Å². The molecule has 0 aromatic heterocycles. The lowest BCUT2D eigenvalue weighted by atomic mass is 9.98. The van der Waals surface area contributed by atoms with Crippen LogP contribution in [0, 0.1) is 11.8 Å². The van der Waals surface area contributed by atoms with Gasteiger partial charge in [0, 0.05) is 19.8 Å². The molecule has 0 fully saturated rings. The van der Waals surface area contributed by atoms with E-state index < -0.39 is 5.97 Å². The van der Waals surface area contributed by atoms with E-state index in [9.17, 15) is 9.59 Å². The molecule has 0 aliphatic rings. The van der Waals surface area contributed by atoms with E-state index in [0.29, 0.717) is 23.1 Å².